The van der Waals surface area contributed by atoms with Crippen molar-refractivity contribution in [1.29, 1.82) is 0 Å². The Labute approximate surface area is 133 Å². The second-order valence-corrected chi connectivity index (χ2v) is 5.93. The van der Waals surface area contributed by atoms with E-state index in [-0.39, 0.29) is 0 Å². The van der Waals surface area contributed by atoms with Crippen LogP contribution in [0.25, 0.3) is 10.8 Å². The van der Waals surface area contributed by atoms with Crippen LogP contribution in [-0.4, -0.2) is 44.3 Å². The minimum Gasteiger partial charge on any atom is -0.367 e. The number of aryl methyl sites for hydroxylation is 1. The molecule has 0 atom stereocenters. The van der Waals surface area contributed by atoms with Crippen molar-refractivity contribution in [3.8, 4) is 0 Å². The van der Waals surface area contributed by atoms with Gasteiger partial charge in [-0.25, -0.2) is 4.98 Å². The largest absolute Gasteiger partial charge is 0.367 e. The van der Waals surface area contributed by atoms with E-state index in [1.54, 1.807) is 0 Å². The number of nitrogens with zero attached hydrogens (tertiary/aromatic N) is 3. The molecule has 0 amide bonds. The highest BCUT2D eigenvalue weighted by molar-refractivity contribution is 6.01. The lowest BCUT2D eigenvalue weighted by Crippen LogP contribution is -2.43. The summed E-state index contributed by atoms with van der Waals surface area (Å²) in [6.45, 7) is 12.7. The van der Waals surface area contributed by atoms with Gasteiger partial charge in [0.05, 0.1) is 11.9 Å². The van der Waals surface area contributed by atoms with Crippen LogP contribution < -0.4 is 15.1 Å². The second kappa shape index (κ2) is 6.53. The van der Waals surface area contributed by atoms with Gasteiger partial charge in [0.15, 0.2) is 0 Å². The lowest BCUT2D eigenvalue weighted by molar-refractivity contribution is 0.590. The van der Waals surface area contributed by atoms with Crippen molar-refractivity contribution in [2.24, 2.45) is 0 Å². The molecule has 1 saturated heterocycles. The number of hydrogen-bond acceptors (Lipinski definition) is 4. The fourth-order valence-corrected chi connectivity index (χ4v) is 3.26. The quantitative estimate of drug-likeness (QED) is 0.940. The number of piperazine rings is 1. The number of fused-ring (bicyclic) bond motifs is 1. The van der Waals surface area contributed by atoms with Crippen molar-refractivity contribution in [3.05, 3.63) is 30.0 Å². The number of rotatable bonds is 4. The highest BCUT2D eigenvalue weighted by Crippen LogP contribution is 2.33. The van der Waals surface area contributed by atoms with Crippen LogP contribution in [0.2, 0.25) is 0 Å². The number of hydrogen-bond donors (Lipinski definition) is 1. The van der Waals surface area contributed by atoms with Crippen molar-refractivity contribution in [1.82, 2.24) is 10.3 Å². The Morgan fingerprint density at radius 3 is 2.55 bits per heavy atom. The van der Waals surface area contributed by atoms with Crippen LogP contribution in [-0.2, 0) is 0 Å². The van der Waals surface area contributed by atoms with Gasteiger partial charge in [0.1, 0.15) is 5.82 Å². The van der Waals surface area contributed by atoms with Crippen molar-refractivity contribution in [2.45, 2.75) is 20.8 Å². The maximum Gasteiger partial charge on any atom is 0.136 e. The molecule has 0 radical (unpaired) electrons. The minimum atomic E-state index is 0.986. The standard InChI is InChI=1S/C18H26N4/c1-4-21(5-2)18-16-12-14(3)6-7-15(16)17(13-20-18)22-10-8-19-9-11-22/h6-7,12-13,19H,4-5,8-11H2,1-3H3. The van der Waals surface area contributed by atoms with Crippen LogP contribution in [0.3, 0.4) is 0 Å². The van der Waals surface area contributed by atoms with Gasteiger partial charge in [-0.2, -0.15) is 0 Å². The van der Waals surface area contributed by atoms with E-state index in [2.05, 4.69) is 60.3 Å². The third kappa shape index (κ3) is 2.75. The first-order chi connectivity index (χ1) is 10.7. The topological polar surface area (TPSA) is 31.4 Å². The normalized spacial score (nSPS) is 15.3. The molecule has 1 aliphatic rings. The summed E-state index contributed by atoms with van der Waals surface area (Å²) in [6, 6.07) is 6.75. The molecule has 1 N–H and O–H groups in total. The Bertz CT molecular complexity index is 643. The minimum absolute atomic E-state index is 0.986. The Morgan fingerprint density at radius 1 is 1.14 bits per heavy atom. The zero-order valence-corrected chi connectivity index (χ0v) is 13.9. The fourth-order valence-electron chi connectivity index (χ4n) is 3.26. The summed E-state index contributed by atoms with van der Waals surface area (Å²) < 4.78 is 0. The van der Waals surface area contributed by atoms with Crippen LogP contribution in [0.5, 0.6) is 0 Å². The van der Waals surface area contributed by atoms with Crippen LogP contribution in [0.1, 0.15) is 19.4 Å². The monoisotopic (exact) mass is 298 g/mol. The van der Waals surface area contributed by atoms with E-state index in [4.69, 9.17) is 4.98 Å². The van der Waals surface area contributed by atoms with Crippen molar-refractivity contribution >= 4 is 22.3 Å². The van der Waals surface area contributed by atoms with Gasteiger partial charge in [-0.05, 0) is 26.8 Å². The number of nitrogens with one attached hydrogen (secondary N) is 1. The molecule has 1 aromatic heterocycles. The Kier molecular flexibility index (Phi) is 4.48. The summed E-state index contributed by atoms with van der Waals surface area (Å²) in [7, 11) is 0. The predicted molar refractivity (Wildman–Crippen MR) is 95.1 cm³/mol. The molecule has 0 unspecified atom stereocenters. The molecule has 1 aromatic carbocycles. The van der Waals surface area contributed by atoms with Gasteiger partial charge in [0, 0.05) is 50.0 Å². The van der Waals surface area contributed by atoms with Crippen molar-refractivity contribution in [2.75, 3.05) is 49.1 Å². The summed E-state index contributed by atoms with van der Waals surface area (Å²) in [6.07, 6.45) is 2.07. The lowest BCUT2D eigenvalue weighted by atomic mass is 10.1. The van der Waals surface area contributed by atoms with Gasteiger partial charge in [-0.1, -0.05) is 17.7 Å². The lowest BCUT2D eigenvalue weighted by Gasteiger charge is -2.31. The molecule has 0 spiro atoms. The summed E-state index contributed by atoms with van der Waals surface area (Å²) in [5, 5.41) is 6.02. The SMILES string of the molecule is CCN(CC)c1ncc(N2CCNCC2)c2ccc(C)cc12. The molecule has 1 fully saturated rings. The number of pyridine rings is 1. The Hall–Kier alpha value is -1.81. The van der Waals surface area contributed by atoms with E-state index in [1.165, 1.54) is 22.0 Å². The zero-order valence-electron chi connectivity index (χ0n) is 13.9. The maximum atomic E-state index is 4.83. The maximum absolute atomic E-state index is 4.83. The fraction of sp³-hybridized carbons (Fsp3) is 0.500. The van der Waals surface area contributed by atoms with E-state index in [9.17, 15) is 0 Å². The molecule has 3 rings (SSSR count). The average molecular weight is 298 g/mol. The molecule has 2 aromatic rings. The van der Waals surface area contributed by atoms with E-state index in [0.717, 1.165) is 45.1 Å². The third-order valence-corrected chi connectivity index (χ3v) is 4.52. The highest BCUT2D eigenvalue weighted by atomic mass is 15.2. The molecule has 2 heterocycles. The van der Waals surface area contributed by atoms with Crippen LogP contribution in [0.4, 0.5) is 11.5 Å². The van der Waals surface area contributed by atoms with Crippen LogP contribution >= 0.6 is 0 Å². The highest BCUT2D eigenvalue weighted by Gasteiger charge is 2.17. The van der Waals surface area contributed by atoms with Gasteiger partial charge in [-0.15, -0.1) is 0 Å². The molecular formula is C18H26N4. The first-order valence-corrected chi connectivity index (χ1v) is 8.34. The Morgan fingerprint density at radius 2 is 1.86 bits per heavy atom. The summed E-state index contributed by atoms with van der Waals surface area (Å²) in [4.78, 5) is 9.62. The van der Waals surface area contributed by atoms with Crippen LogP contribution in [0, 0.1) is 6.92 Å². The molecule has 1 aliphatic heterocycles. The molecule has 0 bridgehead atoms. The van der Waals surface area contributed by atoms with Crippen molar-refractivity contribution < 1.29 is 0 Å². The molecule has 4 heteroatoms. The number of benzene rings is 1. The van der Waals surface area contributed by atoms with Crippen molar-refractivity contribution in [3.63, 3.8) is 0 Å². The van der Waals surface area contributed by atoms with Gasteiger partial charge < -0.3 is 15.1 Å². The van der Waals surface area contributed by atoms with E-state index < -0.39 is 0 Å². The Balaban J connectivity index is 2.14. The van der Waals surface area contributed by atoms with Gasteiger partial charge in [-0.3, -0.25) is 0 Å². The summed E-state index contributed by atoms with van der Waals surface area (Å²) in [5.41, 5.74) is 2.56. The molecule has 22 heavy (non-hydrogen) atoms. The predicted octanol–water partition coefficient (Wildman–Crippen LogP) is 2.80. The molecule has 4 nitrogen and oxygen atoms in total. The summed E-state index contributed by atoms with van der Waals surface area (Å²) in [5.74, 6) is 1.11. The molecule has 0 saturated carbocycles. The second-order valence-electron chi connectivity index (χ2n) is 5.93. The first kappa shape index (κ1) is 15.1. The van der Waals surface area contributed by atoms with Gasteiger partial charge >= 0.3 is 0 Å². The van der Waals surface area contributed by atoms with Gasteiger partial charge in [0.2, 0.25) is 0 Å². The average Bonchev–Trinajstić information content (AvgIpc) is 2.56. The van der Waals surface area contributed by atoms with E-state index in [1.807, 2.05) is 0 Å². The third-order valence-electron chi connectivity index (χ3n) is 4.52. The molecular weight excluding hydrogens is 272 g/mol. The van der Waals surface area contributed by atoms with E-state index in [0.29, 0.717) is 0 Å². The zero-order chi connectivity index (χ0) is 15.5. The first-order valence-electron chi connectivity index (χ1n) is 8.34. The number of anilines is 2. The summed E-state index contributed by atoms with van der Waals surface area (Å²) >= 11 is 0. The van der Waals surface area contributed by atoms with Crippen LogP contribution in [0.15, 0.2) is 24.4 Å². The smallest absolute Gasteiger partial charge is 0.136 e. The van der Waals surface area contributed by atoms with E-state index >= 15 is 0 Å². The molecule has 118 valence electrons. The number of aromatic nitrogens is 1. The van der Waals surface area contributed by atoms with Gasteiger partial charge in [0.25, 0.3) is 0 Å². The molecule has 0 aliphatic carbocycles.